The first kappa shape index (κ1) is 23.3. The number of nitrogens with zero attached hydrogens (tertiary/aromatic N) is 8. The molecular formula is C25H30N8O. The molecule has 1 aromatic carbocycles. The normalized spacial score (nSPS) is 13.7. The molecule has 0 saturated carbocycles. The first-order valence-electron chi connectivity index (χ1n) is 11.7. The van der Waals surface area contributed by atoms with Crippen LogP contribution in [0.4, 0.5) is 11.4 Å². The van der Waals surface area contributed by atoms with Gasteiger partial charge in [0.25, 0.3) is 5.91 Å². The third kappa shape index (κ3) is 4.21. The molecular weight excluding hydrogens is 428 g/mol. The molecule has 0 saturated heterocycles. The predicted octanol–water partition coefficient (Wildman–Crippen LogP) is 3.70. The molecule has 0 atom stereocenters. The highest BCUT2D eigenvalue weighted by molar-refractivity contribution is 6.70. The van der Waals surface area contributed by atoms with Gasteiger partial charge in [0, 0.05) is 38.1 Å². The number of carbonyl (C=O) groups is 1. The van der Waals surface area contributed by atoms with Crippen molar-refractivity contribution in [1.29, 1.82) is 0 Å². The molecule has 1 aliphatic heterocycles. The summed E-state index contributed by atoms with van der Waals surface area (Å²) < 4.78 is 1.57. The SMILES string of the molecule is CCN(CC)C(=O)C1=Nn2c(nnc2-c2ccccn2)/C1=N\c1ccc(N(CC)CC)cc1C. The fourth-order valence-electron chi connectivity index (χ4n) is 4.01. The van der Waals surface area contributed by atoms with Crippen molar-refractivity contribution in [1.82, 2.24) is 24.8 Å². The van der Waals surface area contributed by atoms with Crippen molar-refractivity contribution in [3.05, 3.63) is 54.0 Å². The Labute approximate surface area is 199 Å². The van der Waals surface area contributed by atoms with Crippen LogP contribution in [0.1, 0.15) is 39.1 Å². The van der Waals surface area contributed by atoms with Crippen LogP contribution in [0, 0.1) is 6.92 Å². The lowest BCUT2D eigenvalue weighted by molar-refractivity contribution is -0.123. The van der Waals surface area contributed by atoms with Crippen molar-refractivity contribution in [3.8, 4) is 11.5 Å². The number of pyridine rings is 1. The number of amides is 1. The Hall–Kier alpha value is -3.88. The van der Waals surface area contributed by atoms with Crippen LogP contribution in [-0.2, 0) is 4.79 Å². The zero-order chi connectivity index (χ0) is 24.2. The van der Waals surface area contributed by atoms with Gasteiger partial charge >= 0.3 is 0 Å². The van der Waals surface area contributed by atoms with Crippen molar-refractivity contribution in [2.45, 2.75) is 34.6 Å². The summed E-state index contributed by atoms with van der Waals surface area (Å²) in [5, 5.41) is 13.3. The summed E-state index contributed by atoms with van der Waals surface area (Å²) >= 11 is 0. The third-order valence-electron chi connectivity index (χ3n) is 5.97. The minimum absolute atomic E-state index is 0.182. The lowest BCUT2D eigenvalue weighted by Crippen LogP contribution is -2.39. The van der Waals surface area contributed by atoms with Crippen LogP contribution in [-0.4, -0.2) is 68.3 Å². The zero-order valence-corrected chi connectivity index (χ0v) is 20.4. The van der Waals surface area contributed by atoms with E-state index in [0.717, 1.165) is 30.0 Å². The largest absolute Gasteiger partial charge is 0.372 e. The highest BCUT2D eigenvalue weighted by Gasteiger charge is 2.35. The van der Waals surface area contributed by atoms with E-state index in [9.17, 15) is 4.79 Å². The molecule has 0 spiro atoms. The molecule has 4 rings (SSSR count). The van der Waals surface area contributed by atoms with Gasteiger partial charge < -0.3 is 9.80 Å². The summed E-state index contributed by atoms with van der Waals surface area (Å²) in [6.45, 7) is 13.2. The topological polar surface area (TPSA) is 91.9 Å². The van der Waals surface area contributed by atoms with Crippen LogP contribution >= 0.6 is 0 Å². The molecule has 9 heteroatoms. The van der Waals surface area contributed by atoms with Gasteiger partial charge in [-0.15, -0.1) is 10.2 Å². The summed E-state index contributed by atoms with van der Waals surface area (Å²) in [4.78, 5) is 26.6. The molecule has 1 amide bonds. The van der Waals surface area contributed by atoms with Gasteiger partial charge in [0.15, 0.2) is 5.71 Å². The van der Waals surface area contributed by atoms with Crippen LogP contribution in [0.3, 0.4) is 0 Å². The minimum Gasteiger partial charge on any atom is -0.372 e. The molecule has 3 aromatic rings. The van der Waals surface area contributed by atoms with E-state index in [1.54, 1.807) is 15.8 Å². The maximum absolute atomic E-state index is 13.4. The maximum Gasteiger partial charge on any atom is 0.276 e. The average molecular weight is 459 g/mol. The summed E-state index contributed by atoms with van der Waals surface area (Å²) in [7, 11) is 0. The number of aliphatic imine (C=N–C) groups is 1. The standard InChI is InChI=1S/C25H30N8O/c1-6-31(7-2)18-13-14-19(17(5)16-18)27-21-22(25(34)32(8-3)9-4)30-33-23(28-29-24(21)33)20-12-10-11-15-26-20/h10-16H,6-9H2,1-5H3/b27-21-. The molecule has 3 heterocycles. The summed E-state index contributed by atoms with van der Waals surface area (Å²) in [6, 6.07) is 11.7. The van der Waals surface area contributed by atoms with Crippen molar-refractivity contribution in [2.24, 2.45) is 10.1 Å². The molecule has 0 radical (unpaired) electrons. The molecule has 34 heavy (non-hydrogen) atoms. The van der Waals surface area contributed by atoms with Gasteiger partial charge in [-0.1, -0.05) is 6.07 Å². The van der Waals surface area contributed by atoms with Crippen LogP contribution in [0.5, 0.6) is 0 Å². The first-order chi connectivity index (χ1) is 16.5. The second kappa shape index (κ2) is 9.94. The number of aryl methyl sites for hydroxylation is 1. The number of aromatic nitrogens is 4. The second-order valence-corrected chi connectivity index (χ2v) is 7.90. The Bertz CT molecular complexity index is 1240. The van der Waals surface area contributed by atoms with E-state index < -0.39 is 0 Å². The molecule has 1 aliphatic rings. The van der Waals surface area contributed by atoms with Crippen molar-refractivity contribution < 1.29 is 4.79 Å². The maximum atomic E-state index is 13.4. The molecule has 0 unspecified atom stereocenters. The van der Waals surface area contributed by atoms with E-state index in [4.69, 9.17) is 4.99 Å². The molecule has 0 aliphatic carbocycles. The Morgan fingerprint density at radius 2 is 1.71 bits per heavy atom. The summed E-state index contributed by atoms with van der Waals surface area (Å²) in [5.74, 6) is 0.723. The van der Waals surface area contributed by atoms with E-state index >= 15 is 0 Å². The van der Waals surface area contributed by atoms with Crippen LogP contribution in [0.15, 0.2) is 52.7 Å². The van der Waals surface area contributed by atoms with Gasteiger partial charge in [-0.2, -0.15) is 9.78 Å². The van der Waals surface area contributed by atoms with Crippen molar-refractivity contribution >= 4 is 28.7 Å². The van der Waals surface area contributed by atoms with Crippen LogP contribution in [0.25, 0.3) is 11.5 Å². The molecule has 0 N–H and O–H groups in total. The van der Waals surface area contributed by atoms with Gasteiger partial charge in [0.2, 0.25) is 11.6 Å². The predicted molar refractivity (Wildman–Crippen MR) is 135 cm³/mol. The molecule has 9 nitrogen and oxygen atoms in total. The number of fused-ring (bicyclic) bond motifs is 1. The Morgan fingerprint density at radius 3 is 2.32 bits per heavy atom. The van der Waals surface area contributed by atoms with E-state index in [0.29, 0.717) is 36.1 Å². The first-order valence-corrected chi connectivity index (χ1v) is 11.7. The number of hydrogen-bond acceptors (Lipinski definition) is 7. The van der Waals surface area contributed by atoms with Gasteiger partial charge in [0.1, 0.15) is 11.4 Å². The van der Waals surface area contributed by atoms with E-state index in [1.807, 2.05) is 45.0 Å². The summed E-state index contributed by atoms with van der Waals surface area (Å²) in [5.41, 5.74) is 4.23. The minimum atomic E-state index is -0.182. The third-order valence-corrected chi connectivity index (χ3v) is 5.97. The van der Waals surface area contributed by atoms with Crippen molar-refractivity contribution in [3.63, 3.8) is 0 Å². The molecule has 0 fully saturated rings. The highest BCUT2D eigenvalue weighted by Crippen LogP contribution is 2.28. The van der Waals surface area contributed by atoms with Crippen LogP contribution in [0.2, 0.25) is 0 Å². The molecule has 176 valence electrons. The van der Waals surface area contributed by atoms with E-state index in [-0.39, 0.29) is 11.6 Å². The van der Waals surface area contributed by atoms with Gasteiger partial charge in [-0.05, 0) is 70.5 Å². The number of hydrogen-bond donors (Lipinski definition) is 0. The van der Waals surface area contributed by atoms with Gasteiger partial charge in [-0.25, -0.2) is 4.99 Å². The second-order valence-electron chi connectivity index (χ2n) is 7.90. The smallest absolute Gasteiger partial charge is 0.276 e. The quantitative estimate of drug-likeness (QED) is 0.513. The molecule has 0 bridgehead atoms. The fraction of sp³-hybridized carbons (Fsp3) is 0.360. The lowest BCUT2D eigenvalue weighted by atomic mass is 10.1. The van der Waals surface area contributed by atoms with Crippen LogP contribution < -0.4 is 4.90 Å². The number of carbonyl (C=O) groups excluding carboxylic acids is 1. The monoisotopic (exact) mass is 458 g/mol. The average Bonchev–Trinajstić information content (AvgIpc) is 3.43. The van der Waals surface area contributed by atoms with E-state index in [1.165, 1.54) is 0 Å². The van der Waals surface area contributed by atoms with E-state index in [2.05, 4.69) is 51.2 Å². The summed E-state index contributed by atoms with van der Waals surface area (Å²) in [6.07, 6.45) is 1.69. The molecule has 2 aromatic heterocycles. The van der Waals surface area contributed by atoms with Crippen molar-refractivity contribution in [2.75, 3.05) is 31.1 Å². The van der Waals surface area contributed by atoms with Gasteiger partial charge in [0.05, 0.1) is 5.69 Å². The Kier molecular flexibility index (Phi) is 6.81. The Balaban J connectivity index is 1.82. The lowest BCUT2D eigenvalue weighted by Gasteiger charge is -2.21. The fourth-order valence-corrected chi connectivity index (χ4v) is 4.01. The number of benzene rings is 1. The van der Waals surface area contributed by atoms with Gasteiger partial charge in [-0.3, -0.25) is 9.78 Å². The highest BCUT2D eigenvalue weighted by atomic mass is 16.2. The number of rotatable bonds is 8. The Morgan fingerprint density at radius 1 is 0.971 bits per heavy atom. The number of anilines is 1. The zero-order valence-electron chi connectivity index (χ0n) is 20.4.